The highest BCUT2D eigenvalue weighted by atomic mass is 15.3. The van der Waals surface area contributed by atoms with Crippen LogP contribution in [0.3, 0.4) is 0 Å². The van der Waals surface area contributed by atoms with E-state index in [-0.39, 0.29) is 0 Å². The number of fused-ring (bicyclic) bond motifs is 1. The van der Waals surface area contributed by atoms with E-state index in [2.05, 4.69) is 10.1 Å². The van der Waals surface area contributed by atoms with Crippen LogP contribution in [0.5, 0.6) is 0 Å². The summed E-state index contributed by atoms with van der Waals surface area (Å²) in [5.74, 6) is 0.484. The summed E-state index contributed by atoms with van der Waals surface area (Å²) in [5, 5.41) is 4.44. The summed E-state index contributed by atoms with van der Waals surface area (Å²) in [6.07, 6.45) is 1.71. The van der Waals surface area contributed by atoms with Crippen molar-refractivity contribution >= 4 is 11.5 Å². The second-order valence-corrected chi connectivity index (χ2v) is 3.55. The van der Waals surface area contributed by atoms with Crippen molar-refractivity contribution in [3.8, 4) is 11.3 Å². The van der Waals surface area contributed by atoms with E-state index < -0.39 is 0 Å². The van der Waals surface area contributed by atoms with Crippen molar-refractivity contribution in [2.24, 2.45) is 0 Å². The second-order valence-electron chi connectivity index (χ2n) is 3.55. The van der Waals surface area contributed by atoms with Crippen LogP contribution in [0, 0.1) is 0 Å². The van der Waals surface area contributed by atoms with Gasteiger partial charge in [-0.15, -0.1) is 0 Å². The van der Waals surface area contributed by atoms with Crippen molar-refractivity contribution in [1.29, 1.82) is 0 Å². The largest absolute Gasteiger partial charge is 0.382 e. The number of aromatic nitrogens is 3. The number of hydrogen-bond acceptors (Lipinski definition) is 3. The van der Waals surface area contributed by atoms with Gasteiger partial charge in [-0.2, -0.15) is 5.10 Å². The standard InChI is InChI=1S/C12H10N4/c13-11-8-16-12(14-11)7-6-10(15-16)9-4-2-1-3-5-9/h1-8H,13H2. The Morgan fingerprint density at radius 2 is 1.81 bits per heavy atom. The molecule has 0 spiro atoms. The number of nitrogen functional groups attached to an aromatic ring is 1. The Labute approximate surface area is 92.4 Å². The van der Waals surface area contributed by atoms with Crippen LogP contribution >= 0.6 is 0 Å². The number of imidazole rings is 1. The fourth-order valence-electron chi connectivity index (χ4n) is 1.66. The van der Waals surface area contributed by atoms with Gasteiger partial charge in [-0.25, -0.2) is 9.50 Å². The summed E-state index contributed by atoms with van der Waals surface area (Å²) in [4.78, 5) is 4.13. The molecular formula is C12H10N4. The van der Waals surface area contributed by atoms with E-state index in [0.29, 0.717) is 5.82 Å². The minimum Gasteiger partial charge on any atom is -0.382 e. The first-order valence-corrected chi connectivity index (χ1v) is 5.00. The molecule has 0 radical (unpaired) electrons. The maximum Gasteiger partial charge on any atom is 0.156 e. The van der Waals surface area contributed by atoms with Gasteiger partial charge >= 0.3 is 0 Å². The summed E-state index contributed by atoms with van der Waals surface area (Å²) in [6, 6.07) is 13.9. The van der Waals surface area contributed by atoms with Crippen LogP contribution in [-0.2, 0) is 0 Å². The fraction of sp³-hybridized carbons (Fsp3) is 0. The SMILES string of the molecule is Nc1cn2nc(-c3ccccc3)ccc2n1. The molecule has 0 atom stereocenters. The average molecular weight is 210 g/mol. The predicted octanol–water partition coefficient (Wildman–Crippen LogP) is 1.98. The number of nitrogens with two attached hydrogens (primary N) is 1. The monoisotopic (exact) mass is 210 g/mol. The highest BCUT2D eigenvalue weighted by molar-refractivity contribution is 5.60. The minimum absolute atomic E-state index is 0.484. The van der Waals surface area contributed by atoms with Gasteiger partial charge in [0.1, 0.15) is 5.82 Å². The van der Waals surface area contributed by atoms with Crippen molar-refractivity contribution in [2.45, 2.75) is 0 Å². The van der Waals surface area contributed by atoms with Gasteiger partial charge in [-0.3, -0.25) is 0 Å². The molecule has 0 fully saturated rings. The Balaban J connectivity index is 2.18. The van der Waals surface area contributed by atoms with Crippen LogP contribution in [0.1, 0.15) is 0 Å². The molecule has 0 amide bonds. The number of nitrogens with zero attached hydrogens (tertiary/aromatic N) is 3. The molecule has 0 saturated carbocycles. The number of benzene rings is 1. The first kappa shape index (κ1) is 8.91. The lowest BCUT2D eigenvalue weighted by molar-refractivity contribution is 0.943. The Morgan fingerprint density at radius 3 is 2.62 bits per heavy atom. The quantitative estimate of drug-likeness (QED) is 0.668. The van der Waals surface area contributed by atoms with Crippen molar-refractivity contribution in [3.05, 3.63) is 48.7 Å². The lowest BCUT2D eigenvalue weighted by Gasteiger charge is -2.00. The molecule has 0 aliphatic heterocycles. The zero-order chi connectivity index (χ0) is 11.0. The summed E-state index contributed by atoms with van der Waals surface area (Å²) in [7, 11) is 0. The molecule has 2 aromatic heterocycles. The molecule has 3 rings (SSSR count). The van der Waals surface area contributed by atoms with Gasteiger partial charge in [0.15, 0.2) is 5.65 Å². The van der Waals surface area contributed by atoms with Crippen LogP contribution in [0.15, 0.2) is 48.7 Å². The number of rotatable bonds is 1. The highest BCUT2D eigenvalue weighted by Gasteiger charge is 2.02. The van der Waals surface area contributed by atoms with Gasteiger partial charge in [0.2, 0.25) is 0 Å². The van der Waals surface area contributed by atoms with E-state index in [0.717, 1.165) is 16.9 Å². The molecule has 16 heavy (non-hydrogen) atoms. The molecule has 0 unspecified atom stereocenters. The maximum atomic E-state index is 5.61. The van der Waals surface area contributed by atoms with Crippen LogP contribution in [0.2, 0.25) is 0 Å². The molecule has 0 aliphatic rings. The molecule has 4 nitrogen and oxygen atoms in total. The molecule has 0 aliphatic carbocycles. The van der Waals surface area contributed by atoms with Crippen molar-refractivity contribution in [3.63, 3.8) is 0 Å². The topological polar surface area (TPSA) is 56.2 Å². The van der Waals surface area contributed by atoms with E-state index in [4.69, 9.17) is 5.73 Å². The Kier molecular flexibility index (Phi) is 1.86. The zero-order valence-corrected chi connectivity index (χ0v) is 8.54. The summed E-state index contributed by atoms with van der Waals surface area (Å²) < 4.78 is 1.69. The molecule has 2 heterocycles. The molecular weight excluding hydrogens is 200 g/mol. The zero-order valence-electron chi connectivity index (χ0n) is 8.54. The van der Waals surface area contributed by atoms with Crippen LogP contribution in [-0.4, -0.2) is 14.6 Å². The predicted molar refractivity (Wildman–Crippen MR) is 62.8 cm³/mol. The summed E-state index contributed by atoms with van der Waals surface area (Å²) in [6.45, 7) is 0. The Morgan fingerprint density at radius 1 is 1.00 bits per heavy atom. The van der Waals surface area contributed by atoms with Gasteiger partial charge in [0.25, 0.3) is 0 Å². The highest BCUT2D eigenvalue weighted by Crippen LogP contribution is 2.16. The Bertz CT molecular complexity index is 628. The molecule has 0 bridgehead atoms. The van der Waals surface area contributed by atoms with Gasteiger partial charge in [-0.1, -0.05) is 30.3 Å². The van der Waals surface area contributed by atoms with Gasteiger partial charge < -0.3 is 5.73 Å². The number of hydrogen-bond donors (Lipinski definition) is 1. The average Bonchev–Trinajstić information content (AvgIpc) is 2.69. The third-order valence-corrected chi connectivity index (χ3v) is 2.41. The molecule has 2 N–H and O–H groups in total. The second kappa shape index (κ2) is 3.34. The fourth-order valence-corrected chi connectivity index (χ4v) is 1.66. The van der Waals surface area contributed by atoms with E-state index in [9.17, 15) is 0 Å². The summed E-state index contributed by atoms with van der Waals surface area (Å²) >= 11 is 0. The smallest absolute Gasteiger partial charge is 0.156 e. The Hall–Kier alpha value is -2.36. The van der Waals surface area contributed by atoms with Gasteiger partial charge in [0, 0.05) is 5.56 Å². The van der Waals surface area contributed by atoms with Crippen molar-refractivity contribution in [1.82, 2.24) is 14.6 Å². The third-order valence-electron chi connectivity index (χ3n) is 2.41. The number of anilines is 1. The van der Waals surface area contributed by atoms with E-state index in [1.54, 1.807) is 10.7 Å². The van der Waals surface area contributed by atoms with E-state index in [1.807, 2.05) is 42.5 Å². The maximum absolute atomic E-state index is 5.61. The first-order chi connectivity index (χ1) is 7.83. The first-order valence-electron chi connectivity index (χ1n) is 5.00. The lowest BCUT2D eigenvalue weighted by Crippen LogP contribution is -1.92. The molecule has 3 aromatic rings. The molecule has 4 heteroatoms. The molecule has 78 valence electrons. The molecule has 1 aromatic carbocycles. The van der Waals surface area contributed by atoms with Crippen LogP contribution in [0.4, 0.5) is 5.82 Å². The normalized spacial score (nSPS) is 10.8. The summed E-state index contributed by atoms with van der Waals surface area (Å²) in [5.41, 5.74) is 8.36. The third kappa shape index (κ3) is 1.40. The van der Waals surface area contributed by atoms with Crippen LogP contribution in [0.25, 0.3) is 16.9 Å². The van der Waals surface area contributed by atoms with Crippen molar-refractivity contribution in [2.75, 3.05) is 5.73 Å². The van der Waals surface area contributed by atoms with Gasteiger partial charge in [-0.05, 0) is 12.1 Å². The van der Waals surface area contributed by atoms with Crippen molar-refractivity contribution < 1.29 is 0 Å². The van der Waals surface area contributed by atoms with E-state index in [1.165, 1.54) is 0 Å². The lowest BCUT2D eigenvalue weighted by atomic mass is 10.1. The van der Waals surface area contributed by atoms with E-state index >= 15 is 0 Å². The van der Waals surface area contributed by atoms with Gasteiger partial charge in [0.05, 0.1) is 11.9 Å². The van der Waals surface area contributed by atoms with Crippen LogP contribution < -0.4 is 5.73 Å². The minimum atomic E-state index is 0.484. The molecule has 0 saturated heterocycles.